The number of hydrogen-bond donors (Lipinski definition) is 0. The molecule has 3 aromatic rings. The van der Waals surface area contributed by atoms with Gasteiger partial charge in [0.05, 0.1) is 18.8 Å². The Balaban J connectivity index is 1.73. The van der Waals surface area contributed by atoms with Crippen LogP contribution in [-0.2, 0) is 0 Å². The number of hydrogen-bond acceptors (Lipinski definition) is 2. The molecule has 2 heterocycles. The zero-order valence-corrected chi connectivity index (χ0v) is 14.6. The predicted octanol–water partition coefficient (Wildman–Crippen LogP) is 4.93. The highest BCUT2D eigenvalue weighted by atomic mass is 16.5. The third kappa shape index (κ3) is 2.10. The number of ether oxygens (including phenoxy) is 1. The molecular weight excluding hydrogens is 322 g/mol. The van der Waals surface area contributed by atoms with E-state index in [-0.39, 0.29) is 17.9 Å². The van der Waals surface area contributed by atoms with Gasteiger partial charge in [-0.1, -0.05) is 54.6 Å². The summed E-state index contributed by atoms with van der Waals surface area (Å²) < 4.78 is 5.44. The molecule has 26 heavy (non-hydrogen) atoms. The van der Waals surface area contributed by atoms with Crippen molar-refractivity contribution in [1.29, 1.82) is 0 Å². The van der Waals surface area contributed by atoms with Crippen LogP contribution in [0.15, 0.2) is 72.8 Å². The lowest BCUT2D eigenvalue weighted by molar-refractivity contribution is 0.0988. The van der Waals surface area contributed by atoms with Gasteiger partial charge < -0.3 is 9.64 Å². The van der Waals surface area contributed by atoms with Crippen molar-refractivity contribution in [1.82, 2.24) is 0 Å². The Morgan fingerprint density at radius 1 is 0.923 bits per heavy atom. The van der Waals surface area contributed by atoms with Crippen LogP contribution in [0.5, 0.6) is 5.75 Å². The molecule has 0 bridgehead atoms. The summed E-state index contributed by atoms with van der Waals surface area (Å²) in [5.74, 6) is 1.13. The smallest absolute Gasteiger partial charge is 0.259 e. The summed E-state index contributed by atoms with van der Waals surface area (Å²) in [6, 6.07) is 24.7. The number of amides is 1. The molecule has 0 N–H and O–H groups in total. The molecule has 0 aliphatic carbocycles. The number of fused-ring (bicyclic) bond motifs is 5. The average Bonchev–Trinajstić information content (AvgIpc) is 3.00. The van der Waals surface area contributed by atoms with E-state index in [9.17, 15) is 4.79 Å². The average molecular weight is 341 g/mol. The van der Waals surface area contributed by atoms with Crippen LogP contribution in [0.3, 0.4) is 0 Å². The molecule has 128 valence electrons. The Kier molecular flexibility index (Phi) is 3.35. The van der Waals surface area contributed by atoms with Gasteiger partial charge in [-0.05, 0) is 35.2 Å². The van der Waals surface area contributed by atoms with Gasteiger partial charge in [-0.2, -0.15) is 0 Å². The number of carbonyl (C=O) groups is 1. The number of rotatable bonds is 2. The molecule has 0 fully saturated rings. The lowest BCUT2D eigenvalue weighted by Crippen LogP contribution is -2.34. The first-order valence-corrected chi connectivity index (χ1v) is 8.93. The number of nitrogens with zero attached hydrogens (tertiary/aromatic N) is 1. The van der Waals surface area contributed by atoms with Crippen molar-refractivity contribution in [2.24, 2.45) is 0 Å². The van der Waals surface area contributed by atoms with Gasteiger partial charge >= 0.3 is 0 Å². The summed E-state index contributed by atoms with van der Waals surface area (Å²) in [6.45, 7) is 0. The molecule has 0 radical (unpaired) electrons. The number of methoxy groups -OCH3 is 1. The van der Waals surface area contributed by atoms with Gasteiger partial charge in [-0.15, -0.1) is 0 Å². The topological polar surface area (TPSA) is 29.5 Å². The zero-order chi connectivity index (χ0) is 17.7. The predicted molar refractivity (Wildman–Crippen MR) is 102 cm³/mol. The summed E-state index contributed by atoms with van der Waals surface area (Å²) >= 11 is 0. The summed E-state index contributed by atoms with van der Waals surface area (Å²) in [5, 5.41) is 0. The van der Waals surface area contributed by atoms with E-state index < -0.39 is 0 Å². The van der Waals surface area contributed by atoms with Gasteiger partial charge in [-0.3, -0.25) is 4.79 Å². The maximum atomic E-state index is 13.1. The van der Waals surface area contributed by atoms with Crippen molar-refractivity contribution in [3.05, 3.63) is 95.1 Å². The standard InChI is InChI=1S/C23H19NO2/c1-26-16-11-12-18-20(15-7-3-2-4-8-15)14-22-17-9-5-6-10-19(17)23(25)24(22)21(18)13-16/h2-13,20,22H,14H2,1H3/t20-,22+/m1/s1. The Morgan fingerprint density at radius 3 is 2.50 bits per heavy atom. The van der Waals surface area contributed by atoms with E-state index in [1.54, 1.807) is 7.11 Å². The van der Waals surface area contributed by atoms with E-state index in [2.05, 4.69) is 36.4 Å². The minimum absolute atomic E-state index is 0.0727. The van der Waals surface area contributed by atoms with Crippen molar-refractivity contribution in [3.8, 4) is 5.75 Å². The van der Waals surface area contributed by atoms with Crippen molar-refractivity contribution < 1.29 is 9.53 Å². The molecule has 3 aromatic carbocycles. The highest BCUT2D eigenvalue weighted by Crippen LogP contribution is 2.52. The fourth-order valence-corrected chi connectivity index (χ4v) is 4.41. The highest BCUT2D eigenvalue weighted by molar-refractivity contribution is 6.12. The van der Waals surface area contributed by atoms with Crippen molar-refractivity contribution >= 4 is 11.6 Å². The van der Waals surface area contributed by atoms with Gasteiger partial charge in [0.1, 0.15) is 5.75 Å². The molecular formula is C23H19NO2. The van der Waals surface area contributed by atoms with E-state index >= 15 is 0 Å². The maximum absolute atomic E-state index is 13.1. The second kappa shape index (κ2) is 5.73. The summed E-state index contributed by atoms with van der Waals surface area (Å²) in [7, 11) is 1.66. The van der Waals surface area contributed by atoms with Crippen LogP contribution in [0.2, 0.25) is 0 Å². The molecule has 0 spiro atoms. The van der Waals surface area contributed by atoms with Crippen LogP contribution in [0.25, 0.3) is 0 Å². The first kappa shape index (κ1) is 15.2. The maximum Gasteiger partial charge on any atom is 0.259 e. The fraction of sp³-hybridized carbons (Fsp3) is 0.174. The number of anilines is 1. The van der Waals surface area contributed by atoms with Gasteiger partial charge in [0.15, 0.2) is 0 Å². The SMILES string of the molecule is COc1ccc2c(c1)N1C(=O)c3ccccc3[C@@H]1C[C@@H]2c1ccccc1. The molecule has 2 atom stereocenters. The summed E-state index contributed by atoms with van der Waals surface area (Å²) in [5.41, 5.74) is 5.40. The number of carbonyl (C=O) groups excluding carboxylic acids is 1. The first-order valence-electron chi connectivity index (χ1n) is 8.93. The molecule has 0 aromatic heterocycles. The molecule has 0 saturated heterocycles. The minimum Gasteiger partial charge on any atom is -0.497 e. The van der Waals surface area contributed by atoms with Crippen molar-refractivity contribution in [2.45, 2.75) is 18.4 Å². The molecule has 5 rings (SSSR count). The molecule has 2 aliphatic rings. The third-order valence-electron chi connectivity index (χ3n) is 5.61. The lowest BCUT2D eigenvalue weighted by atomic mass is 9.80. The van der Waals surface area contributed by atoms with E-state index in [0.29, 0.717) is 0 Å². The number of benzene rings is 3. The lowest BCUT2D eigenvalue weighted by Gasteiger charge is -2.37. The van der Waals surface area contributed by atoms with Crippen LogP contribution in [-0.4, -0.2) is 13.0 Å². The van der Waals surface area contributed by atoms with Crippen LogP contribution in [0.4, 0.5) is 5.69 Å². The molecule has 1 amide bonds. The second-order valence-corrected chi connectivity index (χ2v) is 6.90. The molecule has 0 saturated carbocycles. The van der Waals surface area contributed by atoms with Crippen LogP contribution < -0.4 is 9.64 Å². The fourth-order valence-electron chi connectivity index (χ4n) is 4.41. The van der Waals surface area contributed by atoms with Gasteiger partial charge in [0.25, 0.3) is 5.91 Å². The molecule has 3 nitrogen and oxygen atoms in total. The Labute approximate surface area is 152 Å². The van der Waals surface area contributed by atoms with Crippen LogP contribution >= 0.6 is 0 Å². The highest BCUT2D eigenvalue weighted by Gasteiger charge is 2.44. The molecule has 2 aliphatic heterocycles. The van der Waals surface area contributed by atoms with Gasteiger partial charge in [-0.25, -0.2) is 0 Å². The quantitative estimate of drug-likeness (QED) is 0.661. The van der Waals surface area contributed by atoms with E-state index in [1.165, 1.54) is 11.1 Å². The second-order valence-electron chi connectivity index (χ2n) is 6.90. The van der Waals surface area contributed by atoms with Crippen LogP contribution in [0, 0.1) is 0 Å². The monoisotopic (exact) mass is 341 g/mol. The van der Waals surface area contributed by atoms with Crippen LogP contribution in [0.1, 0.15) is 45.4 Å². The van der Waals surface area contributed by atoms with E-state index in [0.717, 1.165) is 29.0 Å². The van der Waals surface area contributed by atoms with Gasteiger partial charge in [0.2, 0.25) is 0 Å². The Morgan fingerprint density at radius 2 is 1.69 bits per heavy atom. The van der Waals surface area contributed by atoms with Crippen molar-refractivity contribution in [3.63, 3.8) is 0 Å². The summed E-state index contributed by atoms with van der Waals surface area (Å²) in [6.07, 6.45) is 0.895. The molecule has 0 unspecified atom stereocenters. The zero-order valence-electron chi connectivity index (χ0n) is 14.6. The Hall–Kier alpha value is -3.07. The largest absolute Gasteiger partial charge is 0.497 e. The molecule has 3 heteroatoms. The third-order valence-corrected chi connectivity index (χ3v) is 5.61. The van der Waals surface area contributed by atoms with Gasteiger partial charge in [0, 0.05) is 17.5 Å². The Bertz CT molecular complexity index is 996. The van der Waals surface area contributed by atoms with Crippen molar-refractivity contribution in [2.75, 3.05) is 12.0 Å². The normalized spacial score (nSPS) is 20.3. The van der Waals surface area contributed by atoms with E-state index in [4.69, 9.17) is 4.74 Å². The minimum atomic E-state index is 0.0727. The first-order chi connectivity index (χ1) is 12.8. The van der Waals surface area contributed by atoms with E-state index in [1.807, 2.05) is 41.3 Å². The summed E-state index contributed by atoms with van der Waals surface area (Å²) in [4.78, 5) is 15.1.